The average molecular weight is 289 g/mol. The molecule has 1 atom stereocenters. The summed E-state index contributed by atoms with van der Waals surface area (Å²) in [5, 5.41) is 0. The lowest BCUT2D eigenvalue weighted by Crippen LogP contribution is -2.19. The highest BCUT2D eigenvalue weighted by atomic mass is 79.9. The molecule has 0 amide bonds. The van der Waals surface area contributed by atoms with Gasteiger partial charge in [-0.3, -0.25) is 4.98 Å². The fraction of sp³-hybridized carbons (Fsp3) is 0.400. The predicted octanol–water partition coefficient (Wildman–Crippen LogP) is 2.73. The Morgan fingerprint density at radius 3 is 2.73 bits per heavy atom. The minimum Gasteiger partial charge on any atom is -0.255 e. The van der Waals surface area contributed by atoms with Crippen LogP contribution in [0.15, 0.2) is 27.2 Å². The van der Waals surface area contributed by atoms with E-state index in [4.69, 9.17) is 0 Å². The van der Waals surface area contributed by atoms with E-state index in [9.17, 15) is 4.21 Å². The number of hydrogen-bond donors (Lipinski definition) is 0. The van der Waals surface area contributed by atoms with Crippen molar-refractivity contribution in [1.29, 1.82) is 0 Å². The van der Waals surface area contributed by atoms with E-state index in [1.165, 1.54) is 6.21 Å². The van der Waals surface area contributed by atoms with Crippen molar-refractivity contribution < 1.29 is 4.21 Å². The Bertz CT molecular complexity index is 399. The molecule has 0 aliphatic heterocycles. The molecule has 0 unspecified atom stereocenters. The lowest BCUT2D eigenvalue weighted by atomic mass is 10.3. The Kier molecular flexibility index (Phi) is 4.16. The smallest absolute Gasteiger partial charge is 0.144 e. The molecule has 0 radical (unpaired) electrons. The van der Waals surface area contributed by atoms with E-state index in [-0.39, 0.29) is 4.75 Å². The molecule has 3 nitrogen and oxygen atoms in total. The van der Waals surface area contributed by atoms with Gasteiger partial charge in [0.25, 0.3) is 0 Å². The van der Waals surface area contributed by atoms with Crippen LogP contribution >= 0.6 is 15.9 Å². The molecule has 0 aliphatic carbocycles. The minimum atomic E-state index is -1.23. The number of hydrogen-bond acceptors (Lipinski definition) is 2. The van der Waals surface area contributed by atoms with Crippen molar-refractivity contribution >= 4 is 33.1 Å². The molecule has 82 valence electrons. The van der Waals surface area contributed by atoms with Crippen molar-refractivity contribution in [2.75, 3.05) is 0 Å². The predicted molar refractivity (Wildman–Crippen MR) is 67.4 cm³/mol. The summed E-state index contributed by atoms with van der Waals surface area (Å²) in [7, 11) is -1.23. The van der Waals surface area contributed by atoms with Crippen molar-refractivity contribution in [3.05, 3.63) is 28.5 Å². The third-order valence-corrected chi connectivity index (χ3v) is 3.39. The second kappa shape index (κ2) is 4.99. The quantitative estimate of drug-likeness (QED) is 0.786. The molecule has 0 N–H and O–H groups in total. The number of aromatic nitrogens is 1. The summed E-state index contributed by atoms with van der Waals surface area (Å²) in [6, 6.07) is 3.65. The second-order valence-electron chi connectivity index (χ2n) is 3.99. The third-order valence-electron chi connectivity index (χ3n) is 1.55. The molecule has 0 saturated carbocycles. The van der Waals surface area contributed by atoms with Crippen molar-refractivity contribution in [2.45, 2.75) is 25.5 Å². The first kappa shape index (κ1) is 12.5. The summed E-state index contributed by atoms with van der Waals surface area (Å²) in [5.41, 5.74) is 0.696. The Balaban J connectivity index is 2.79. The molecule has 0 saturated heterocycles. The van der Waals surface area contributed by atoms with E-state index in [1.807, 2.05) is 32.9 Å². The first-order valence-corrected chi connectivity index (χ1v) is 6.37. The number of pyridine rings is 1. The van der Waals surface area contributed by atoms with Crippen LogP contribution in [0.3, 0.4) is 0 Å². The monoisotopic (exact) mass is 288 g/mol. The maximum absolute atomic E-state index is 11.6. The third kappa shape index (κ3) is 4.22. The van der Waals surface area contributed by atoms with E-state index in [2.05, 4.69) is 25.3 Å². The SMILES string of the molecule is CC(C)(C)[S@](=O)N=Cc1cc(Br)ccn1. The molecular weight excluding hydrogens is 276 g/mol. The van der Waals surface area contributed by atoms with Gasteiger partial charge in [0.1, 0.15) is 11.0 Å². The Morgan fingerprint density at radius 2 is 2.20 bits per heavy atom. The zero-order valence-electron chi connectivity index (χ0n) is 8.90. The zero-order valence-corrected chi connectivity index (χ0v) is 11.3. The minimum absolute atomic E-state index is 0.331. The van der Waals surface area contributed by atoms with Crippen molar-refractivity contribution in [1.82, 2.24) is 4.98 Å². The van der Waals surface area contributed by atoms with E-state index in [0.29, 0.717) is 5.69 Å². The van der Waals surface area contributed by atoms with Crippen molar-refractivity contribution in [2.24, 2.45) is 4.40 Å². The van der Waals surface area contributed by atoms with Gasteiger partial charge in [0, 0.05) is 10.7 Å². The molecule has 0 bridgehead atoms. The number of nitrogens with zero attached hydrogens (tertiary/aromatic N) is 2. The molecule has 0 fully saturated rings. The number of halogens is 1. The summed E-state index contributed by atoms with van der Waals surface area (Å²) in [4.78, 5) is 4.08. The van der Waals surface area contributed by atoms with Gasteiger partial charge in [-0.15, -0.1) is 0 Å². The van der Waals surface area contributed by atoms with Gasteiger partial charge >= 0.3 is 0 Å². The van der Waals surface area contributed by atoms with Crippen LogP contribution < -0.4 is 0 Å². The summed E-state index contributed by atoms with van der Waals surface area (Å²) < 4.78 is 16.2. The van der Waals surface area contributed by atoms with Gasteiger partial charge in [-0.2, -0.15) is 4.40 Å². The lowest BCUT2D eigenvalue weighted by molar-refractivity contribution is 0.651. The fourth-order valence-corrected chi connectivity index (χ4v) is 1.62. The van der Waals surface area contributed by atoms with Gasteiger partial charge in [0.05, 0.1) is 16.7 Å². The van der Waals surface area contributed by atoms with Crippen LogP contribution in [0.1, 0.15) is 26.5 Å². The molecule has 0 aliphatic rings. The number of rotatable bonds is 2. The van der Waals surface area contributed by atoms with E-state index in [1.54, 1.807) is 6.20 Å². The van der Waals surface area contributed by atoms with E-state index >= 15 is 0 Å². The van der Waals surface area contributed by atoms with Gasteiger partial charge in [-0.25, -0.2) is 4.21 Å². The molecule has 1 rings (SSSR count). The highest BCUT2D eigenvalue weighted by molar-refractivity contribution is 9.10. The van der Waals surface area contributed by atoms with Crippen LogP contribution in [-0.2, 0) is 11.0 Å². The molecule has 5 heteroatoms. The van der Waals surface area contributed by atoms with Gasteiger partial charge in [-0.1, -0.05) is 15.9 Å². The first-order chi connectivity index (χ1) is 6.89. The maximum atomic E-state index is 11.6. The average Bonchev–Trinajstić information content (AvgIpc) is 2.12. The van der Waals surface area contributed by atoms with Crippen LogP contribution in [0.5, 0.6) is 0 Å². The van der Waals surface area contributed by atoms with Crippen LogP contribution in [0.2, 0.25) is 0 Å². The van der Waals surface area contributed by atoms with Crippen LogP contribution in [0.25, 0.3) is 0 Å². The van der Waals surface area contributed by atoms with Crippen molar-refractivity contribution in [3.63, 3.8) is 0 Å². The maximum Gasteiger partial charge on any atom is 0.144 e. The Labute approximate surface area is 101 Å². The second-order valence-corrected chi connectivity index (χ2v) is 6.84. The summed E-state index contributed by atoms with van der Waals surface area (Å²) in [5.74, 6) is 0. The van der Waals surface area contributed by atoms with Gasteiger partial charge < -0.3 is 0 Å². The molecule has 1 aromatic rings. The van der Waals surface area contributed by atoms with E-state index in [0.717, 1.165) is 4.47 Å². The fourth-order valence-electron chi connectivity index (χ4n) is 0.752. The topological polar surface area (TPSA) is 42.3 Å². The molecule has 1 aromatic heterocycles. The summed E-state index contributed by atoms with van der Waals surface area (Å²) >= 11 is 3.33. The van der Waals surface area contributed by atoms with Crippen LogP contribution in [-0.4, -0.2) is 20.2 Å². The molecule has 1 heterocycles. The van der Waals surface area contributed by atoms with Gasteiger partial charge in [0.15, 0.2) is 0 Å². The van der Waals surface area contributed by atoms with Crippen LogP contribution in [0, 0.1) is 0 Å². The largest absolute Gasteiger partial charge is 0.255 e. The Hall–Kier alpha value is -0.550. The zero-order chi connectivity index (χ0) is 11.5. The molecule has 0 aromatic carbocycles. The van der Waals surface area contributed by atoms with Gasteiger partial charge in [0.2, 0.25) is 0 Å². The standard InChI is InChI=1S/C10H13BrN2OS/c1-10(2,3)15(14)13-7-9-6-8(11)4-5-12-9/h4-7H,1-3H3/t15-/m0/s1. The molecule has 0 spiro atoms. The van der Waals surface area contributed by atoms with Gasteiger partial charge in [-0.05, 0) is 32.9 Å². The molecule has 15 heavy (non-hydrogen) atoms. The summed E-state index contributed by atoms with van der Waals surface area (Å²) in [6.07, 6.45) is 3.21. The first-order valence-electron chi connectivity index (χ1n) is 4.47. The van der Waals surface area contributed by atoms with Crippen molar-refractivity contribution in [3.8, 4) is 0 Å². The van der Waals surface area contributed by atoms with Crippen LogP contribution in [0.4, 0.5) is 0 Å². The van der Waals surface area contributed by atoms with E-state index < -0.39 is 11.0 Å². The normalized spacial score (nSPS) is 14.4. The molecular formula is C10H13BrN2OS. The highest BCUT2D eigenvalue weighted by Gasteiger charge is 2.18. The lowest BCUT2D eigenvalue weighted by Gasteiger charge is -2.12. The Morgan fingerprint density at radius 1 is 1.53 bits per heavy atom. The highest BCUT2D eigenvalue weighted by Crippen LogP contribution is 2.12. The summed E-state index contributed by atoms with van der Waals surface area (Å²) in [6.45, 7) is 5.65.